The monoisotopic (exact) mass is 911 g/mol. The maximum atomic E-state index is 12.7. The van der Waals surface area contributed by atoms with E-state index in [0.717, 1.165) is 64.2 Å². The average molecular weight is 911 g/mol. The molecule has 0 aromatic heterocycles. The normalized spacial score (nSPS) is 14.2. The van der Waals surface area contributed by atoms with Crippen molar-refractivity contribution in [2.45, 2.75) is 251 Å². The smallest absolute Gasteiger partial charge is 0.457 e. The van der Waals surface area contributed by atoms with E-state index in [0.29, 0.717) is 6.61 Å². The minimum atomic E-state index is -4.53. The van der Waals surface area contributed by atoms with Gasteiger partial charge >= 0.3 is 13.8 Å². The molecule has 0 aliphatic carbocycles. The van der Waals surface area contributed by atoms with Gasteiger partial charge in [0.25, 0.3) is 0 Å². The third-order valence-corrected chi connectivity index (χ3v) is 12.2. The minimum Gasteiger partial charge on any atom is -0.457 e. The van der Waals surface area contributed by atoms with Crippen molar-refractivity contribution in [2.75, 3.05) is 33.0 Å². The highest BCUT2D eigenvalue weighted by Crippen LogP contribution is 2.43. The van der Waals surface area contributed by atoms with Gasteiger partial charge < -0.3 is 24.6 Å². The number of rotatable bonds is 50. The van der Waals surface area contributed by atoms with Gasteiger partial charge in [0.2, 0.25) is 0 Å². The summed E-state index contributed by atoms with van der Waals surface area (Å²) in [5.74, 6) is -0.389. The Labute approximate surface area is 388 Å². The molecule has 3 atom stereocenters. The zero-order valence-electron chi connectivity index (χ0n) is 40.8. The Hall–Kier alpha value is -1.58. The zero-order valence-corrected chi connectivity index (χ0v) is 41.7. The molecule has 0 aliphatic rings. The Kier molecular flexibility index (Phi) is 48.6. The summed E-state index contributed by atoms with van der Waals surface area (Å²) in [7, 11) is -4.53. The van der Waals surface area contributed by atoms with Crippen molar-refractivity contribution in [1.82, 2.24) is 0 Å². The van der Waals surface area contributed by atoms with Gasteiger partial charge in [0.1, 0.15) is 12.2 Å². The first-order chi connectivity index (χ1) is 30.8. The number of ether oxygens (including phenoxy) is 2. The van der Waals surface area contributed by atoms with Crippen molar-refractivity contribution in [3.05, 3.63) is 48.6 Å². The molecule has 9 nitrogen and oxygen atoms in total. The standard InChI is InChI=1S/C53H99O9P/c1-3-5-7-9-11-13-15-17-19-21-23-24-25-26-27-28-30-32-34-36-38-40-42-44-46-59-49-52(50-61-63(57,58)60-48-51(55)47-54)62-53(56)45-43-41-39-37-35-33-31-29-22-20-18-16-14-12-10-8-6-4-2/h14-17,20-23,51-52,54-55H,3-13,18-19,24-50H2,1-2H3,(H,57,58)/b16-14-,17-15-,22-20-,23-21-. The molecule has 0 radical (unpaired) electrons. The number of hydrogen-bond acceptors (Lipinski definition) is 8. The van der Waals surface area contributed by atoms with Crippen LogP contribution < -0.4 is 0 Å². The Balaban J connectivity index is 4.06. The molecule has 0 heterocycles. The van der Waals surface area contributed by atoms with Crippen molar-refractivity contribution in [3.8, 4) is 0 Å². The van der Waals surface area contributed by atoms with Gasteiger partial charge in [-0.3, -0.25) is 13.8 Å². The molecule has 0 aromatic carbocycles. The molecule has 3 N–H and O–H groups in total. The molecule has 63 heavy (non-hydrogen) atoms. The maximum absolute atomic E-state index is 12.7. The molecule has 0 fully saturated rings. The Morgan fingerprint density at radius 1 is 0.492 bits per heavy atom. The summed E-state index contributed by atoms with van der Waals surface area (Å²) in [6, 6.07) is 0. The molecular formula is C53H99O9P. The van der Waals surface area contributed by atoms with Crippen LogP contribution in [0.15, 0.2) is 48.6 Å². The number of aliphatic hydroxyl groups excluding tert-OH is 2. The number of carbonyl (C=O) groups excluding carboxylic acids is 1. The van der Waals surface area contributed by atoms with E-state index in [1.807, 2.05) is 0 Å². The number of phosphoric ester groups is 1. The van der Waals surface area contributed by atoms with E-state index >= 15 is 0 Å². The Morgan fingerprint density at radius 3 is 1.29 bits per heavy atom. The van der Waals surface area contributed by atoms with E-state index in [1.165, 1.54) is 154 Å². The molecule has 0 amide bonds. The second-order valence-electron chi connectivity index (χ2n) is 17.5. The maximum Gasteiger partial charge on any atom is 0.472 e. The van der Waals surface area contributed by atoms with Crippen molar-refractivity contribution in [3.63, 3.8) is 0 Å². The number of phosphoric acid groups is 1. The van der Waals surface area contributed by atoms with E-state index in [2.05, 4.69) is 62.5 Å². The van der Waals surface area contributed by atoms with Crippen LogP contribution in [0.1, 0.15) is 239 Å². The van der Waals surface area contributed by atoms with Gasteiger partial charge in [-0.1, -0.05) is 204 Å². The number of hydrogen-bond donors (Lipinski definition) is 3. The van der Waals surface area contributed by atoms with E-state index in [4.69, 9.17) is 23.6 Å². The van der Waals surface area contributed by atoms with Crippen LogP contribution in [0.4, 0.5) is 0 Å². The van der Waals surface area contributed by atoms with Gasteiger partial charge in [-0.2, -0.15) is 0 Å². The van der Waals surface area contributed by atoms with Crippen molar-refractivity contribution < 1.29 is 43.0 Å². The number of esters is 1. The van der Waals surface area contributed by atoms with E-state index in [9.17, 15) is 19.4 Å². The highest BCUT2D eigenvalue weighted by atomic mass is 31.2. The SMILES string of the molecule is CCCCCC/C=C\C/C=C\CCCCCCCCCC(=O)OC(COCCCCCCCCCCCCCC/C=C\C/C=C\CCCCCCC)COP(=O)(O)OCC(O)CO. The van der Waals surface area contributed by atoms with E-state index in [1.54, 1.807) is 0 Å². The lowest BCUT2D eigenvalue weighted by atomic mass is 10.0. The van der Waals surface area contributed by atoms with Crippen LogP contribution in [-0.4, -0.2) is 66.3 Å². The minimum absolute atomic E-state index is 0.0453. The van der Waals surface area contributed by atoms with Crippen LogP contribution in [-0.2, 0) is 27.9 Å². The first kappa shape index (κ1) is 61.4. The molecule has 0 spiro atoms. The van der Waals surface area contributed by atoms with Crippen LogP contribution in [0.5, 0.6) is 0 Å². The molecule has 0 saturated carbocycles. The van der Waals surface area contributed by atoms with Crippen molar-refractivity contribution >= 4 is 13.8 Å². The third-order valence-electron chi connectivity index (χ3n) is 11.2. The van der Waals surface area contributed by atoms with Crippen LogP contribution in [0.3, 0.4) is 0 Å². The number of unbranched alkanes of at least 4 members (excludes halogenated alkanes) is 28. The Morgan fingerprint density at radius 2 is 0.857 bits per heavy atom. The molecular weight excluding hydrogens is 812 g/mol. The fourth-order valence-electron chi connectivity index (χ4n) is 7.24. The van der Waals surface area contributed by atoms with Gasteiger partial charge in [0.15, 0.2) is 0 Å². The lowest BCUT2D eigenvalue weighted by molar-refractivity contribution is -0.154. The molecule has 10 heteroatoms. The Bertz CT molecular complexity index is 1120. The predicted octanol–water partition coefficient (Wildman–Crippen LogP) is 15.3. The van der Waals surface area contributed by atoms with Crippen LogP contribution in [0, 0.1) is 0 Å². The molecule has 0 rings (SSSR count). The summed E-state index contributed by atoms with van der Waals surface area (Å²) in [5, 5.41) is 18.4. The number of allylic oxidation sites excluding steroid dienone is 8. The summed E-state index contributed by atoms with van der Waals surface area (Å²) < 4.78 is 33.5. The molecule has 0 bridgehead atoms. The topological polar surface area (TPSA) is 132 Å². The van der Waals surface area contributed by atoms with Gasteiger partial charge in [0.05, 0.1) is 26.4 Å². The van der Waals surface area contributed by atoms with Crippen molar-refractivity contribution in [2.24, 2.45) is 0 Å². The molecule has 0 aliphatic heterocycles. The van der Waals surface area contributed by atoms with Crippen LogP contribution in [0.2, 0.25) is 0 Å². The third kappa shape index (κ3) is 49.7. The molecule has 0 aromatic rings. The largest absolute Gasteiger partial charge is 0.472 e. The van der Waals surface area contributed by atoms with Crippen LogP contribution in [0.25, 0.3) is 0 Å². The lowest BCUT2D eigenvalue weighted by Crippen LogP contribution is -2.29. The van der Waals surface area contributed by atoms with E-state index in [-0.39, 0.29) is 25.6 Å². The second kappa shape index (κ2) is 49.8. The summed E-state index contributed by atoms with van der Waals surface area (Å²) >= 11 is 0. The summed E-state index contributed by atoms with van der Waals surface area (Å²) in [6.07, 6.45) is 57.9. The van der Waals surface area contributed by atoms with Crippen molar-refractivity contribution in [1.29, 1.82) is 0 Å². The highest BCUT2D eigenvalue weighted by molar-refractivity contribution is 7.47. The lowest BCUT2D eigenvalue weighted by Gasteiger charge is -2.20. The zero-order chi connectivity index (χ0) is 46.0. The van der Waals surface area contributed by atoms with Gasteiger partial charge in [0, 0.05) is 13.0 Å². The summed E-state index contributed by atoms with van der Waals surface area (Å²) in [6.45, 7) is 3.51. The van der Waals surface area contributed by atoms with Crippen LogP contribution >= 0.6 is 7.82 Å². The van der Waals surface area contributed by atoms with Gasteiger partial charge in [-0.25, -0.2) is 4.57 Å². The highest BCUT2D eigenvalue weighted by Gasteiger charge is 2.26. The molecule has 370 valence electrons. The van der Waals surface area contributed by atoms with E-state index < -0.39 is 33.2 Å². The summed E-state index contributed by atoms with van der Waals surface area (Å²) in [5.41, 5.74) is 0. The fourth-order valence-corrected chi connectivity index (χ4v) is 8.03. The number of aliphatic hydroxyl groups is 2. The predicted molar refractivity (Wildman–Crippen MR) is 265 cm³/mol. The average Bonchev–Trinajstić information content (AvgIpc) is 3.28. The van der Waals surface area contributed by atoms with Gasteiger partial charge in [-0.05, 0) is 77.0 Å². The summed E-state index contributed by atoms with van der Waals surface area (Å²) in [4.78, 5) is 22.7. The first-order valence-electron chi connectivity index (χ1n) is 26.1. The molecule has 3 unspecified atom stereocenters. The fraction of sp³-hybridized carbons (Fsp3) is 0.830. The quantitative estimate of drug-likeness (QED) is 0.0236. The van der Waals surface area contributed by atoms with Gasteiger partial charge in [-0.15, -0.1) is 0 Å². The first-order valence-corrected chi connectivity index (χ1v) is 27.6. The second-order valence-corrected chi connectivity index (χ2v) is 19.0. The number of carbonyl (C=O) groups is 1. The molecule has 0 saturated heterocycles.